The van der Waals surface area contributed by atoms with E-state index < -0.39 is 0 Å². The summed E-state index contributed by atoms with van der Waals surface area (Å²) in [5, 5.41) is 3.84. The molecule has 3 aliphatic rings. The van der Waals surface area contributed by atoms with Gasteiger partial charge in [-0.25, -0.2) is 0 Å². The van der Waals surface area contributed by atoms with E-state index in [2.05, 4.69) is 10.2 Å². The van der Waals surface area contributed by atoms with Crippen molar-refractivity contribution in [3.63, 3.8) is 0 Å². The van der Waals surface area contributed by atoms with Gasteiger partial charge in [0.15, 0.2) is 0 Å². The Labute approximate surface area is 142 Å². The van der Waals surface area contributed by atoms with Crippen LogP contribution in [0, 0.1) is 5.92 Å². The van der Waals surface area contributed by atoms with Gasteiger partial charge in [0, 0.05) is 30.2 Å². The van der Waals surface area contributed by atoms with Crippen LogP contribution in [0.1, 0.15) is 24.8 Å². The lowest BCUT2D eigenvalue weighted by Crippen LogP contribution is -2.47. The Morgan fingerprint density at radius 3 is 2.91 bits per heavy atom. The number of carbonyl (C=O) groups is 1. The van der Waals surface area contributed by atoms with Gasteiger partial charge in [-0.05, 0) is 36.8 Å². The van der Waals surface area contributed by atoms with Crippen molar-refractivity contribution in [2.75, 3.05) is 19.7 Å². The highest BCUT2D eigenvalue weighted by Gasteiger charge is 2.42. The molecule has 1 amide bonds. The fraction of sp³-hybridized carbons (Fsp3) is 0.611. The number of benzene rings is 1. The summed E-state index contributed by atoms with van der Waals surface area (Å²) < 4.78 is 6.01. The average molecular weight is 335 g/mol. The Bertz CT molecular complexity index is 590. The summed E-state index contributed by atoms with van der Waals surface area (Å²) in [6, 6.07) is 8.24. The molecular formula is C18H23ClN2O2. The summed E-state index contributed by atoms with van der Waals surface area (Å²) in [6.45, 7) is 2.80. The largest absolute Gasteiger partial charge is 0.375 e. The van der Waals surface area contributed by atoms with Crippen molar-refractivity contribution >= 4 is 17.5 Å². The molecule has 3 fully saturated rings. The lowest BCUT2D eigenvalue weighted by molar-refractivity contribution is -0.121. The van der Waals surface area contributed by atoms with Gasteiger partial charge >= 0.3 is 0 Å². The van der Waals surface area contributed by atoms with E-state index in [1.165, 1.54) is 12.8 Å². The molecule has 1 saturated carbocycles. The number of ether oxygens (including phenoxy) is 1. The molecule has 0 radical (unpaired) electrons. The quantitative estimate of drug-likeness (QED) is 0.918. The number of fused-ring (bicyclic) bond motifs is 1. The maximum atomic E-state index is 12.3. The molecule has 124 valence electrons. The van der Waals surface area contributed by atoms with Crippen molar-refractivity contribution in [3.05, 3.63) is 34.9 Å². The maximum Gasteiger partial charge on any atom is 0.224 e. The molecule has 3 atom stereocenters. The number of nitrogens with one attached hydrogen (secondary N) is 1. The molecule has 0 unspecified atom stereocenters. The molecule has 4 nitrogen and oxygen atoms in total. The minimum atomic E-state index is 0.0580. The second kappa shape index (κ2) is 6.42. The zero-order valence-corrected chi connectivity index (χ0v) is 14.0. The molecule has 2 aliphatic heterocycles. The molecule has 5 heteroatoms. The van der Waals surface area contributed by atoms with E-state index in [0.29, 0.717) is 23.6 Å². The van der Waals surface area contributed by atoms with Crippen LogP contribution in [-0.4, -0.2) is 48.7 Å². The van der Waals surface area contributed by atoms with Gasteiger partial charge < -0.3 is 10.1 Å². The predicted octanol–water partition coefficient (Wildman–Crippen LogP) is 2.25. The lowest BCUT2D eigenvalue weighted by Gasteiger charge is -2.35. The third kappa shape index (κ3) is 3.54. The number of halogens is 1. The summed E-state index contributed by atoms with van der Waals surface area (Å²) >= 11 is 6.13. The second-order valence-electron chi connectivity index (χ2n) is 7.09. The Kier molecular flexibility index (Phi) is 4.31. The first kappa shape index (κ1) is 15.4. The van der Waals surface area contributed by atoms with Crippen LogP contribution >= 0.6 is 11.6 Å². The number of hydrogen-bond donors (Lipinski definition) is 1. The SMILES string of the molecule is O=C(Cc1ccccc1Cl)N[C@H]1C[C@H]2CO[C@H](C3CC3)CN2C1. The molecule has 23 heavy (non-hydrogen) atoms. The summed E-state index contributed by atoms with van der Waals surface area (Å²) in [6.07, 6.45) is 4.40. The number of hydrogen-bond acceptors (Lipinski definition) is 3. The third-order valence-electron chi connectivity index (χ3n) is 5.27. The molecule has 1 aliphatic carbocycles. The second-order valence-corrected chi connectivity index (χ2v) is 7.49. The number of carbonyl (C=O) groups excluding carboxylic acids is 1. The van der Waals surface area contributed by atoms with E-state index in [-0.39, 0.29) is 11.9 Å². The Balaban J connectivity index is 1.30. The van der Waals surface area contributed by atoms with Crippen molar-refractivity contribution in [2.24, 2.45) is 5.92 Å². The van der Waals surface area contributed by atoms with Crippen molar-refractivity contribution in [1.29, 1.82) is 0 Å². The van der Waals surface area contributed by atoms with Gasteiger partial charge in [-0.15, -0.1) is 0 Å². The molecule has 4 rings (SSSR count). The average Bonchev–Trinajstić information content (AvgIpc) is 3.30. The molecule has 1 aromatic carbocycles. The van der Waals surface area contributed by atoms with E-state index in [0.717, 1.165) is 37.6 Å². The monoisotopic (exact) mass is 334 g/mol. The number of morpholine rings is 1. The van der Waals surface area contributed by atoms with E-state index in [1.807, 2.05) is 24.3 Å². The van der Waals surface area contributed by atoms with Gasteiger partial charge in [0.25, 0.3) is 0 Å². The van der Waals surface area contributed by atoms with Crippen molar-refractivity contribution in [2.45, 2.75) is 43.9 Å². The molecule has 2 heterocycles. The van der Waals surface area contributed by atoms with Gasteiger partial charge in [-0.1, -0.05) is 29.8 Å². The Morgan fingerprint density at radius 1 is 1.30 bits per heavy atom. The molecule has 1 N–H and O–H groups in total. The molecule has 1 aromatic rings. The highest BCUT2D eigenvalue weighted by Crippen LogP contribution is 2.37. The van der Waals surface area contributed by atoms with Crippen LogP contribution in [0.5, 0.6) is 0 Å². The summed E-state index contributed by atoms with van der Waals surface area (Å²) in [5.74, 6) is 0.840. The van der Waals surface area contributed by atoms with Crippen LogP contribution in [0.4, 0.5) is 0 Å². The van der Waals surface area contributed by atoms with Crippen molar-refractivity contribution < 1.29 is 9.53 Å². The first-order valence-corrected chi connectivity index (χ1v) is 8.95. The number of rotatable bonds is 4. The molecule has 0 aromatic heterocycles. The summed E-state index contributed by atoms with van der Waals surface area (Å²) in [5.41, 5.74) is 0.888. The van der Waals surface area contributed by atoms with E-state index in [1.54, 1.807) is 0 Å². The van der Waals surface area contributed by atoms with Gasteiger partial charge in [-0.2, -0.15) is 0 Å². The van der Waals surface area contributed by atoms with Crippen LogP contribution in [0.25, 0.3) is 0 Å². The smallest absolute Gasteiger partial charge is 0.224 e. The van der Waals surface area contributed by atoms with Crippen molar-refractivity contribution in [1.82, 2.24) is 10.2 Å². The van der Waals surface area contributed by atoms with Crippen LogP contribution in [-0.2, 0) is 16.0 Å². The third-order valence-corrected chi connectivity index (χ3v) is 5.64. The van der Waals surface area contributed by atoms with Crippen LogP contribution < -0.4 is 5.32 Å². The standard InChI is InChI=1S/C18H23ClN2O2/c19-16-4-2-1-3-13(16)7-18(22)20-14-8-15-11-23-17(12-5-6-12)10-21(15)9-14/h1-4,12,14-15,17H,5-11H2,(H,20,22)/t14-,15-,17-/m0/s1. The first-order valence-electron chi connectivity index (χ1n) is 8.57. The van der Waals surface area contributed by atoms with Gasteiger partial charge in [0.2, 0.25) is 5.91 Å². The summed E-state index contributed by atoms with van der Waals surface area (Å²) in [7, 11) is 0. The van der Waals surface area contributed by atoms with Gasteiger partial charge in [0.05, 0.1) is 19.1 Å². The first-order chi connectivity index (χ1) is 11.2. The van der Waals surface area contributed by atoms with E-state index in [9.17, 15) is 4.79 Å². The normalized spacial score (nSPS) is 30.9. The minimum absolute atomic E-state index is 0.0580. The van der Waals surface area contributed by atoms with Crippen molar-refractivity contribution in [3.8, 4) is 0 Å². The highest BCUT2D eigenvalue weighted by molar-refractivity contribution is 6.31. The van der Waals surface area contributed by atoms with E-state index in [4.69, 9.17) is 16.3 Å². The predicted molar refractivity (Wildman–Crippen MR) is 89.5 cm³/mol. The topological polar surface area (TPSA) is 41.6 Å². The zero-order valence-electron chi connectivity index (χ0n) is 13.2. The Hall–Kier alpha value is -1.10. The Morgan fingerprint density at radius 2 is 2.13 bits per heavy atom. The molecular weight excluding hydrogens is 312 g/mol. The summed E-state index contributed by atoms with van der Waals surface area (Å²) in [4.78, 5) is 14.8. The van der Waals surface area contributed by atoms with Gasteiger partial charge in [0.1, 0.15) is 0 Å². The molecule has 0 bridgehead atoms. The highest BCUT2D eigenvalue weighted by atomic mass is 35.5. The van der Waals surface area contributed by atoms with Crippen LogP contribution in [0.15, 0.2) is 24.3 Å². The molecule has 0 spiro atoms. The van der Waals surface area contributed by atoms with Crippen LogP contribution in [0.2, 0.25) is 5.02 Å². The van der Waals surface area contributed by atoms with Gasteiger partial charge in [-0.3, -0.25) is 9.69 Å². The number of nitrogens with zero attached hydrogens (tertiary/aromatic N) is 1. The molecule has 2 saturated heterocycles. The minimum Gasteiger partial charge on any atom is -0.375 e. The lowest BCUT2D eigenvalue weighted by atomic mass is 10.1. The fourth-order valence-electron chi connectivity index (χ4n) is 3.85. The van der Waals surface area contributed by atoms with E-state index >= 15 is 0 Å². The number of amides is 1. The maximum absolute atomic E-state index is 12.3. The van der Waals surface area contributed by atoms with Crippen LogP contribution in [0.3, 0.4) is 0 Å². The zero-order chi connectivity index (χ0) is 15.8. The fourth-order valence-corrected chi connectivity index (χ4v) is 4.05.